The van der Waals surface area contributed by atoms with Gasteiger partial charge in [-0.3, -0.25) is 0 Å². The highest BCUT2D eigenvalue weighted by molar-refractivity contribution is 9.10. The van der Waals surface area contributed by atoms with Crippen LogP contribution in [-0.4, -0.2) is 20.9 Å². The Hall–Kier alpha value is -1.88. The van der Waals surface area contributed by atoms with Crippen LogP contribution in [0.4, 0.5) is 0 Å². The fourth-order valence-corrected chi connectivity index (χ4v) is 1.91. The molecule has 0 radical (unpaired) electrons. The molecule has 0 amide bonds. The van der Waals surface area contributed by atoms with Crippen molar-refractivity contribution in [1.82, 2.24) is 9.78 Å². The Labute approximate surface area is 113 Å². The lowest BCUT2D eigenvalue weighted by atomic mass is 10.1. The third-order valence-corrected chi connectivity index (χ3v) is 2.85. The maximum absolute atomic E-state index is 10.6. The topological polar surface area (TPSA) is 55.1 Å². The molecule has 0 saturated heterocycles. The van der Waals surface area contributed by atoms with E-state index in [1.807, 2.05) is 31.3 Å². The number of hydrogen-bond donors (Lipinski definition) is 1. The van der Waals surface area contributed by atoms with Crippen LogP contribution < -0.4 is 0 Å². The van der Waals surface area contributed by atoms with Crippen LogP contribution in [0, 0.1) is 6.92 Å². The Bertz CT molecular complexity index is 617. The minimum absolute atomic E-state index is 0.795. The number of rotatable bonds is 3. The number of aliphatic carboxylic acids is 1. The van der Waals surface area contributed by atoms with Crippen molar-refractivity contribution in [3.8, 4) is 5.69 Å². The maximum Gasteiger partial charge on any atom is 0.328 e. The SMILES string of the molecule is Cc1cnn(-c2cc(Br)ccc2/C=C/C(=O)O)c1. The summed E-state index contributed by atoms with van der Waals surface area (Å²) >= 11 is 3.40. The number of nitrogens with zero attached hydrogens (tertiary/aromatic N) is 2. The van der Waals surface area contributed by atoms with E-state index in [0.717, 1.165) is 27.4 Å². The second kappa shape index (κ2) is 5.18. The van der Waals surface area contributed by atoms with Crippen LogP contribution in [0.15, 0.2) is 41.1 Å². The minimum atomic E-state index is -0.972. The van der Waals surface area contributed by atoms with Crippen LogP contribution in [0.3, 0.4) is 0 Å². The zero-order valence-corrected chi connectivity index (χ0v) is 11.3. The highest BCUT2D eigenvalue weighted by Crippen LogP contribution is 2.21. The van der Waals surface area contributed by atoms with Gasteiger partial charge in [0.2, 0.25) is 0 Å². The number of halogens is 1. The lowest BCUT2D eigenvalue weighted by molar-refractivity contribution is -0.131. The first-order chi connectivity index (χ1) is 8.56. The van der Waals surface area contributed by atoms with Gasteiger partial charge in [0.05, 0.1) is 11.9 Å². The Balaban J connectivity index is 2.50. The van der Waals surface area contributed by atoms with E-state index in [1.54, 1.807) is 17.0 Å². The smallest absolute Gasteiger partial charge is 0.328 e. The lowest BCUT2D eigenvalue weighted by Gasteiger charge is -2.06. The summed E-state index contributed by atoms with van der Waals surface area (Å²) in [5, 5.41) is 12.9. The van der Waals surface area contributed by atoms with Crippen molar-refractivity contribution >= 4 is 28.0 Å². The number of hydrogen-bond acceptors (Lipinski definition) is 2. The van der Waals surface area contributed by atoms with Crippen molar-refractivity contribution in [3.05, 3.63) is 52.3 Å². The average molecular weight is 307 g/mol. The number of carboxylic acid groups (broad SMARTS) is 1. The molecule has 4 nitrogen and oxygen atoms in total. The second-order valence-electron chi connectivity index (χ2n) is 3.84. The van der Waals surface area contributed by atoms with Crippen molar-refractivity contribution in [2.24, 2.45) is 0 Å². The summed E-state index contributed by atoms with van der Waals surface area (Å²) in [6.07, 6.45) is 6.32. The van der Waals surface area contributed by atoms with E-state index in [9.17, 15) is 4.79 Å². The van der Waals surface area contributed by atoms with Crippen molar-refractivity contribution in [2.45, 2.75) is 6.92 Å². The summed E-state index contributed by atoms with van der Waals surface area (Å²) in [6.45, 7) is 1.95. The van der Waals surface area contributed by atoms with Gasteiger partial charge in [0.15, 0.2) is 0 Å². The molecule has 0 fully saturated rings. The van der Waals surface area contributed by atoms with Gasteiger partial charge in [-0.2, -0.15) is 5.10 Å². The average Bonchev–Trinajstić information content (AvgIpc) is 2.74. The molecule has 1 aromatic heterocycles. The number of aromatic nitrogens is 2. The molecule has 2 rings (SSSR count). The molecule has 92 valence electrons. The predicted octanol–water partition coefficient (Wildman–Crippen LogP) is 3.04. The van der Waals surface area contributed by atoms with E-state index in [2.05, 4.69) is 21.0 Å². The van der Waals surface area contributed by atoms with Crippen LogP contribution in [0.5, 0.6) is 0 Å². The third kappa shape index (κ3) is 2.87. The van der Waals surface area contributed by atoms with Gasteiger partial charge in [0.25, 0.3) is 0 Å². The van der Waals surface area contributed by atoms with E-state index < -0.39 is 5.97 Å². The first-order valence-electron chi connectivity index (χ1n) is 5.28. The first kappa shape index (κ1) is 12.6. The van der Waals surface area contributed by atoms with Gasteiger partial charge < -0.3 is 5.11 Å². The normalized spacial score (nSPS) is 11.0. The van der Waals surface area contributed by atoms with E-state index in [4.69, 9.17) is 5.11 Å². The minimum Gasteiger partial charge on any atom is -0.478 e. The highest BCUT2D eigenvalue weighted by Gasteiger charge is 2.05. The quantitative estimate of drug-likeness (QED) is 0.887. The van der Waals surface area contributed by atoms with E-state index in [-0.39, 0.29) is 0 Å². The van der Waals surface area contributed by atoms with Crippen molar-refractivity contribution in [1.29, 1.82) is 0 Å². The molecular formula is C13H11BrN2O2. The Morgan fingerprint density at radius 1 is 1.50 bits per heavy atom. The summed E-state index contributed by atoms with van der Waals surface area (Å²) in [7, 11) is 0. The summed E-state index contributed by atoms with van der Waals surface area (Å²) in [5.41, 5.74) is 2.67. The van der Waals surface area contributed by atoms with Gasteiger partial charge >= 0.3 is 5.97 Å². The molecular weight excluding hydrogens is 296 g/mol. The molecule has 0 aliphatic rings. The molecule has 1 aromatic carbocycles. The lowest BCUT2D eigenvalue weighted by Crippen LogP contribution is -1.98. The zero-order valence-electron chi connectivity index (χ0n) is 9.67. The van der Waals surface area contributed by atoms with E-state index in [0.29, 0.717) is 0 Å². The van der Waals surface area contributed by atoms with Gasteiger partial charge in [0.1, 0.15) is 0 Å². The van der Waals surface area contributed by atoms with E-state index in [1.165, 1.54) is 0 Å². The number of carbonyl (C=O) groups is 1. The van der Waals surface area contributed by atoms with Gasteiger partial charge in [0, 0.05) is 22.3 Å². The van der Waals surface area contributed by atoms with E-state index >= 15 is 0 Å². The van der Waals surface area contributed by atoms with Gasteiger partial charge in [-0.25, -0.2) is 9.48 Å². The zero-order chi connectivity index (χ0) is 13.1. The van der Waals surface area contributed by atoms with Gasteiger partial charge in [-0.1, -0.05) is 22.0 Å². The molecule has 0 spiro atoms. The van der Waals surface area contributed by atoms with Crippen molar-refractivity contribution < 1.29 is 9.90 Å². The van der Waals surface area contributed by atoms with Crippen LogP contribution in [0.1, 0.15) is 11.1 Å². The second-order valence-corrected chi connectivity index (χ2v) is 4.75. The van der Waals surface area contributed by atoms with Crippen molar-refractivity contribution in [2.75, 3.05) is 0 Å². The molecule has 0 bridgehead atoms. The molecule has 0 unspecified atom stereocenters. The van der Waals surface area contributed by atoms with Gasteiger partial charge in [-0.15, -0.1) is 0 Å². The van der Waals surface area contributed by atoms with Gasteiger partial charge in [-0.05, 0) is 30.7 Å². The summed E-state index contributed by atoms with van der Waals surface area (Å²) in [4.78, 5) is 10.6. The summed E-state index contributed by atoms with van der Waals surface area (Å²) < 4.78 is 2.64. The molecule has 0 atom stereocenters. The molecule has 18 heavy (non-hydrogen) atoms. The van der Waals surface area contributed by atoms with Crippen LogP contribution in [0.2, 0.25) is 0 Å². The Morgan fingerprint density at radius 2 is 2.28 bits per heavy atom. The van der Waals surface area contributed by atoms with Crippen molar-refractivity contribution in [3.63, 3.8) is 0 Å². The summed E-state index contributed by atoms with van der Waals surface area (Å²) in [6, 6.07) is 5.60. The molecule has 2 aromatic rings. The molecule has 0 aliphatic heterocycles. The number of carboxylic acids is 1. The third-order valence-electron chi connectivity index (χ3n) is 2.36. The standard InChI is InChI=1S/C13H11BrN2O2/c1-9-7-15-16(8-9)12-6-11(14)4-2-10(12)3-5-13(17)18/h2-8H,1H3,(H,17,18)/b5-3+. The monoisotopic (exact) mass is 306 g/mol. The first-order valence-corrected chi connectivity index (χ1v) is 6.08. The van der Waals surface area contributed by atoms with Crippen LogP contribution in [-0.2, 0) is 4.79 Å². The molecule has 5 heteroatoms. The fraction of sp³-hybridized carbons (Fsp3) is 0.0769. The van der Waals surface area contributed by atoms with Crippen LogP contribution in [0.25, 0.3) is 11.8 Å². The Morgan fingerprint density at radius 3 is 2.89 bits per heavy atom. The fourth-order valence-electron chi connectivity index (χ4n) is 1.56. The largest absolute Gasteiger partial charge is 0.478 e. The molecule has 0 saturated carbocycles. The Kier molecular flexibility index (Phi) is 3.62. The maximum atomic E-state index is 10.6. The predicted molar refractivity (Wildman–Crippen MR) is 72.7 cm³/mol. The number of benzene rings is 1. The molecule has 1 N–H and O–H groups in total. The highest BCUT2D eigenvalue weighted by atomic mass is 79.9. The number of aryl methyl sites for hydroxylation is 1. The molecule has 0 aliphatic carbocycles. The van der Waals surface area contributed by atoms with Crippen LogP contribution >= 0.6 is 15.9 Å². The summed E-state index contributed by atoms with van der Waals surface area (Å²) in [5.74, 6) is -0.972. The molecule has 1 heterocycles.